The van der Waals surface area contributed by atoms with E-state index < -0.39 is 0 Å². The lowest BCUT2D eigenvalue weighted by atomic mass is 10.1. The maximum absolute atomic E-state index is 12.5. The molecule has 10 heteroatoms. The molecule has 0 bridgehead atoms. The number of amides is 3. The highest BCUT2D eigenvalue weighted by atomic mass is 16.2. The number of aromatic nitrogens is 2. The molecule has 0 saturated heterocycles. The normalized spacial score (nSPS) is 16.0. The molecule has 35 heavy (non-hydrogen) atoms. The van der Waals surface area contributed by atoms with Crippen molar-refractivity contribution in [3.05, 3.63) is 35.5 Å². The maximum Gasteiger partial charge on any atom is 0.251 e. The zero-order chi connectivity index (χ0) is 24.9. The Hall–Kier alpha value is -3.69. The van der Waals surface area contributed by atoms with Gasteiger partial charge in [-0.3, -0.25) is 14.4 Å². The molecule has 10 nitrogen and oxygen atoms in total. The van der Waals surface area contributed by atoms with Gasteiger partial charge in [-0.05, 0) is 43.5 Å². The number of aryl methyl sites for hydroxylation is 1. The van der Waals surface area contributed by atoms with Gasteiger partial charge >= 0.3 is 0 Å². The van der Waals surface area contributed by atoms with Crippen LogP contribution >= 0.6 is 0 Å². The molecule has 2 aromatic rings. The van der Waals surface area contributed by atoms with Crippen LogP contribution in [0.4, 0.5) is 23.1 Å². The van der Waals surface area contributed by atoms with Crippen molar-refractivity contribution in [2.24, 2.45) is 0 Å². The molecule has 3 amide bonds. The molecule has 1 fully saturated rings. The van der Waals surface area contributed by atoms with Gasteiger partial charge in [-0.1, -0.05) is 12.8 Å². The molecule has 1 aromatic heterocycles. The number of carbonyl (C=O) groups excluding carboxylic acids is 3. The van der Waals surface area contributed by atoms with Crippen LogP contribution in [-0.4, -0.2) is 60.4 Å². The first kappa shape index (κ1) is 24.4. The SMILES string of the molecule is CC(=O)NCCNC(=O)c1ccc(Nc2ncc3c(n2)N(C2CCCC2)CCC(=O)N3C)c(C)c1. The van der Waals surface area contributed by atoms with Gasteiger partial charge in [-0.25, -0.2) is 4.98 Å². The van der Waals surface area contributed by atoms with Gasteiger partial charge in [0.1, 0.15) is 5.69 Å². The number of fused-ring (bicyclic) bond motifs is 1. The van der Waals surface area contributed by atoms with E-state index in [-0.39, 0.29) is 17.7 Å². The molecule has 1 aromatic carbocycles. The Morgan fingerprint density at radius 2 is 1.89 bits per heavy atom. The van der Waals surface area contributed by atoms with Crippen LogP contribution in [0.1, 0.15) is 54.9 Å². The maximum atomic E-state index is 12.5. The first-order valence-electron chi connectivity index (χ1n) is 12.1. The molecule has 0 spiro atoms. The van der Waals surface area contributed by atoms with Crippen LogP contribution in [0.3, 0.4) is 0 Å². The standard InChI is InChI=1S/C25H33N7O3/c1-16-14-18(24(35)27-12-11-26-17(2)33)8-9-20(16)29-25-28-15-21-23(30-25)32(19-6-4-5-7-19)13-10-22(34)31(21)3/h8-9,14-15,19H,4-7,10-13H2,1-3H3,(H,26,33)(H,27,35)(H,28,29,30). The fourth-order valence-corrected chi connectivity index (χ4v) is 4.65. The molecule has 1 aliphatic carbocycles. The van der Waals surface area contributed by atoms with Gasteiger partial charge in [0.25, 0.3) is 5.91 Å². The highest BCUT2D eigenvalue weighted by molar-refractivity contribution is 5.97. The highest BCUT2D eigenvalue weighted by Crippen LogP contribution is 2.36. The van der Waals surface area contributed by atoms with Crippen LogP contribution in [0, 0.1) is 6.92 Å². The molecular formula is C25H33N7O3. The van der Waals surface area contributed by atoms with Crippen molar-refractivity contribution in [3.63, 3.8) is 0 Å². The number of rotatable bonds is 7. The monoisotopic (exact) mass is 479 g/mol. The Balaban J connectivity index is 1.51. The van der Waals surface area contributed by atoms with E-state index in [2.05, 4.69) is 25.8 Å². The molecule has 1 saturated carbocycles. The van der Waals surface area contributed by atoms with Gasteiger partial charge in [0.2, 0.25) is 17.8 Å². The van der Waals surface area contributed by atoms with Crippen LogP contribution in [0.25, 0.3) is 0 Å². The summed E-state index contributed by atoms with van der Waals surface area (Å²) in [7, 11) is 1.78. The summed E-state index contributed by atoms with van der Waals surface area (Å²) >= 11 is 0. The number of nitrogens with zero attached hydrogens (tertiary/aromatic N) is 4. The molecule has 0 unspecified atom stereocenters. The lowest BCUT2D eigenvalue weighted by Gasteiger charge is -2.30. The average Bonchev–Trinajstić information content (AvgIpc) is 3.33. The second-order valence-electron chi connectivity index (χ2n) is 9.13. The zero-order valence-corrected chi connectivity index (χ0v) is 20.6. The first-order chi connectivity index (χ1) is 16.8. The van der Waals surface area contributed by atoms with Gasteiger partial charge in [-0.2, -0.15) is 4.98 Å². The minimum atomic E-state index is -0.203. The Labute approximate surface area is 205 Å². The zero-order valence-electron chi connectivity index (χ0n) is 20.6. The van der Waals surface area contributed by atoms with Crippen molar-refractivity contribution in [1.29, 1.82) is 0 Å². The number of nitrogens with one attached hydrogen (secondary N) is 3. The summed E-state index contributed by atoms with van der Waals surface area (Å²) in [5.41, 5.74) is 2.93. The largest absolute Gasteiger partial charge is 0.355 e. The van der Waals surface area contributed by atoms with Crippen molar-refractivity contribution < 1.29 is 14.4 Å². The molecule has 2 aliphatic rings. The summed E-state index contributed by atoms with van der Waals surface area (Å²) in [6, 6.07) is 5.76. The van der Waals surface area contributed by atoms with Crippen LogP contribution in [-0.2, 0) is 9.59 Å². The van der Waals surface area contributed by atoms with Gasteiger partial charge in [0.05, 0.1) is 6.20 Å². The van der Waals surface area contributed by atoms with Crippen molar-refractivity contribution >= 4 is 40.9 Å². The van der Waals surface area contributed by atoms with E-state index in [0.29, 0.717) is 43.6 Å². The number of carbonyl (C=O) groups is 3. The number of benzene rings is 1. The van der Waals surface area contributed by atoms with E-state index in [9.17, 15) is 14.4 Å². The highest BCUT2D eigenvalue weighted by Gasteiger charge is 2.31. The molecule has 4 rings (SSSR count). The summed E-state index contributed by atoms with van der Waals surface area (Å²) in [6.45, 7) is 4.75. The summed E-state index contributed by atoms with van der Waals surface area (Å²) in [6.07, 6.45) is 6.78. The van der Waals surface area contributed by atoms with Gasteiger partial charge in [-0.15, -0.1) is 0 Å². The van der Waals surface area contributed by atoms with Crippen molar-refractivity contribution in [2.75, 3.05) is 41.8 Å². The molecule has 2 heterocycles. The second-order valence-corrected chi connectivity index (χ2v) is 9.13. The molecule has 3 N–H and O–H groups in total. The quantitative estimate of drug-likeness (QED) is 0.522. The van der Waals surface area contributed by atoms with Gasteiger partial charge in [0.15, 0.2) is 5.82 Å². The molecule has 186 valence electrons. The Kier molecular flexibility index (Phi) is 7.48. The van der Waals surface area contributed by atoms with Crippen LogP contribution < -0.4 is 25.8 Å². The van der Waals surface area contributed by atoms with Gasteiger partial charge < -0.3 is 25.8 Å². The third-order valence-electron chi connectivity index (χ3n) is 6.61. The summed E-state index contributed by atoms with van der Waals surface area (Å²) < 4.78 is 0. The van der Waals surface area contributed by atoms with E-state index in [1.165, 1.54) is 19.8 Å². The van der Waals surface area contributed by atoms with E-state index in [0.717, 1.165) is 35.6 Å². The average molecular weight is 480 g/mol. The third-order valence-corrected chi connectivity index (χ3v) is 6.61. The number of hydrogen-bond acceptors (Lipinski definition) is 7. The summed E-state index contributed by atoms with van der Waals surface area (Å²) in [5.74, 6) is 0.972. The smallest absolute Gasteiger partial charge is 0.251 e. The van der Waals surface area contributed by atoms with Crippen molar-refractivity contribution in [3.8, 4) is 0 Å². The lowest BCUT2D eigenvalue weighted by Crippen LogP contribution is -2.34. The first-order valence-corrected chi connectivity index (χ1v) is 12.1. The lowest BCUT2D eigenvalue weighted by molar-refractivity contribution is -0.119. The fraction of sp³-hybridized carbons (Fsp3) is 0.480. The van der Waals surface area contributed by atoms with Crippen LogP contribution in [0.15, 0.2) is 24.4 Å². The van der Waals surface area contributed by atoms with E-state index in [4.69, 9.17) is 4.98 Å². The van der Waals surface area contributed by atoms with E-state index in [1.54, 1.807) is 30.3 Å². The van der Waals surface area contributed by atoms with Gasteiger partial charge in [0, 0.05) is 57.3 Å². The topological polar surface area (TPSA) is 120 Å². The predicted octanol–water partition coefficient (Wildman–Crippen LogP) is 2.51. The van der Waals surface area contributed by atoms with E-state index >= 15 is 0 Å². The van der Waals surface area contributed by atoms with Crippen molar-refractivity contribution in [2.45, 2.75) is 52.0 Å². The molecular weight excluding hydrogens is 446 g/mol. The summed E-state index contributed by atoms with van der Waals surface area (Å²) in [5, 5.41) is 8.72. The number of hydrogen-bond donors (Lipinski definition) is 3. The molecule has 0 radical (unpaired) electrons. The van der Waals surface area contributed by atoms with E-state index in [1.807, 2.05) is 13.0 Å². The van der Waals surface area contributed by atoms with Crippen LogP contribution in [0.5, 0.6) is 0 Å². The minimum Gasteiger partial charge on any atom is -0.355 e. The predicted molar refractivity (Wildman–Crippen MR) is 135 cm³/mol. The second kappa shape index (κ2) is 10.7. The fourth-order valence-electron chi connectivity index (χ4n) is 4.65. The Bertz CT molecular complexity index is 1110. The minimum absolute atomic E-state index is 0.0674. The Morgan fingerprint density at radius 1 is 1.14 bits per heavy atom. The summed E-state index contributed by atoms with van der Waals surface area (Å²) in [4.78, 5) is 49.1. The molecule has 1 aliphatic heterocycles. The third kappa shape index (κ3) is 5.70. The van der Waals surface area contributed by atoms with Crippen molar-refractivity contribution in [1.82, 2.24) is 20.6 Å². The molecule has 0 atom stereocenters. The Morgan fingerprint density at radius 3 is 2.60 bits per heavy atom. The van der Waals surface area contributed by atoms with Crippen LogP contribution in [0.2, 0.25) is 0 Å². The number of anilines is 4.